The molecular formula is C20H25N3O6. The molecule has 1 heterocycles. The fraction of sp³-hybridized carbons (Fsp3) is 0.400. The summed E-state index contributed by atoms with van der Waals surface area (Å²) < 4.78 is 12.1. The van der Waals surface area contributed by atoms with Crippen LogP contribution in [-0.4, -0.2) is 55.7 Å². The highest BCUT2D eigenvalue weighted by Crippen LogP contribution is 2.28. The normalized spacial score (nSPS) is 10.7. The number of aryl methyl sites for hydroxylation is 1. The summed E-state index contributed by atoms with van der Waals surface area (Å²) in [5, 5.41) is 11.3. The van der Waals surface area contributed by atoms with Gasteiger partial charge in [-0.25, -0.2) is 4.79 Å². The first-order valence-corrected chi connectivity index (χ1v) is 8.99. The second kappa shape index (κ2) is 9.33. The zero-order valence-corrected chi connectivity index (χ0v) is 17.2. The van der Waals surface area contributed by atoms with Crippen LogP contribution >= 0.6 is 0 Å². The lowest BCUT2D eigenvalue weighted by Gasteiger charge is -2.13. The van der Waals surface area contributed by atoms with E-state index in [-0.39, 0.29) is 17.0 Å². The van der Waals surface area contributed by atoms with Gasteiger partial charge in [0.1, 0.15) is 5.69 Å². The maximum Gasteiger partial charge on any atom is 0.338 e. The van der Waals surface area contributed by atoms with Crippen molar-refractivity contribution < 1.29 is 24.0 Å². The average molecular weight is 403 g/mol. The number of nitro benzene ring substituents is 1. The summed E-state index contributed by atoms with van der Waals surface area (Å²) in [6.45, 7) is 4.39. The van der Waals surface area contributed by atoms with E-state index in [9.17, 15) is 19.7 Å². The molecule has 0 amide bonds. The third-order valence-corrected chi connectivity index (χ3v) is 4.62. The zero-order valence-electron chi connectivity index (χ0n) is 17.2. The first-order valence-electron chi connectivity index (χ1n) is 8.99. The van der Waals surface area contributed by atoms with Crippen molar-refractivity contribution in [2.75, 3.05) is 39.3 Å². The van der Waals surface area contributed by atoms with E-state index < -0.39 is 17.5 Å². The molecule has 2 rings (SSSR count). The van der Waals surface area contributed by atoms with Crippen LogP contribution in [-0.2, 0) is 16.0 Å². The smallest absolute Gasteiger partial charge is 0.338 e. The molecule has 0 aliphatic heterocycles. The molecule has 0 aliphatic carbocycles. The molecule has 0 saturated carbocycles. The van der Waals surface area contributed by atoms with Crippen LogP contribution in [0.15, 0.2) is 24.3 Å². The van der Waals surface area contributed by atoms with E-state index in [0.29, 0.717) is 24.4 Å². The first kappa shape index (κ1) is 22.1. The van der Waals surface area contributed by atoms with Gasteiger partial charge in [-0.05, 0) is 32.0 Å². The van der Waals surface area contributed by atoms with Crippen LogP contribution in [0.5, 0.6) is 0 Å². The zero-order chi connectivity index (χ0) is 21.7. The number of ether oxygens (including phenoxy) is 2. The van der Waals surface area contributed by atoms with Gasteiger partial charge in [0.25, 0.3) is 5.69 Å². The Hall–Kier alpha value is -3.20. The highest BCUT2D eigenvalue weighted by molar-refractivity contribution is 6.00. The minimum Gasteiger partial charge on any atom is -0.454 e. The van der Waals surface area contributed by atoms with Crippen molar-refractivity contribution in [1.82, 2.24) is 4.57 Å². The summed E-state index contributed by atoms with van der Waals surface area (Å²) in [5.41, 5.74) is 2.32. The Morgan fingerprint density at radius 2 is 1.90 bits per heavy atom. The Morgan fingerprint density at radius 3 is 2.48 bits per heavy atom. The number of ketones is 1. The van der Waals surface area contributed by atoms with E-state index in [4.69, 9.17) is 9.47 Å². The van der Waals surface area contributed by atoms with Crippen molar-refractivity contribution in [1.29, 1.82) is 0 Å². The summed E-state index contributed by atoms with van der Waals surface area (Å²) in [4.78, 5) is 37.1. The molecule has 9 nitrogen and oxygen atoms in total. The molecule has 0 aliphatic rings. The van der Waals surface area contributed by atoms with Crippen LogP contribution in [0.2, 0.25) is 0 Å². The van der Waals surface area contributed by atoms with Gasteiger partial charge in [0, 0.05) is 50.8 Å². The lowest BCUT2D eigenvalue weighted by molar-refractivity contribution is -0.384. The van der Waals surface area contributed by atoms with E-state index in [1.165, 1.54) is 12.1 Å². The van der Waals surface area contributed by atoms with Crippen molar-refractivity contribution in [3.8, 4) is 0 Å². The predicted octanol–water partition coefficient (Wildman–Crippen LogP) is 2.77. The molecule has 9 heteroatoms. The van der Waals surface area contributed by atoms with Gasteiger partial charge in [0.05, 0.1) is 17.1 Å². The SMILES string of the molecule is COCCn1c(C)cc(C(=O)COC(=O)c2ccc(N(C)C)c([N+](=O)[O-])c2)c1C. The van der Waals surface area contributed by atoms with Crippen LogP contribution in [0, 0.1) is 24.0 Å². The number of hydrogen-bond donors (Lipinski definition) is 0. The van der Waals surface area contributed by atoms with Crippen LogP contribution < -0.4 is 4.90 Å². The van der Waals surface area contributed by atoms with Gasteiger partial charge in [-0.2, -0.15) is 0 Å². The summed E-state index contributed by atoms with van der Waals surface area (Å²) in [5.74, 6) is -1.13. The van der Waals surface area contributed by atoms with Crippen molar-refractivity contribution >= 4 is 23.1 Å². The largest absolute Gasteiger partial charge is 0.454 e. The fourth-order valence-corrected chi connectivity index (χ4v) is 3.08. The first-order chi connectivity index (χ1) is 13.7. The highest BCUT2D eigenvalue weighted by atomic mass is 16.6. The van der Waals surface area contributed by atoms with Crippen molar-refractivity contribution in [3.05, 3.63) is 56.9 Å². The molecule has 0 fully saturated rings. The number of anilines is 1. The molecule has 0 unspecified atom stereocenters. The number of benzene rings is 1. The topological polar surface area (TPSA) is 104 Å². The average Bonchev–Trinajstić information content (AvgIpc) is 2.97. The van der Waals surface area contributed by atoms with Gasteiger partial charge >= 0.3 is 5.97 Å². The Balaban J connectivity index is 2.12. The number of methoxy groups -OCH3 is 1. The lowest BCUT2D eigenvalue weighted by Crippen LogP contribution is -2.16. The Bertz CT molecular complexity index is 933. The predicted molar refractivity (Wildman–Crippen MR) is 108 cm³/mol. The van der Waals surface area contributed by atoms with Gasteiger partial charge in [-0.3, -0.25) is 14.9 Å². The molecule has 0 N–H and O–H groups in total. The Morgan fingerprint density at radius 1 is 1.21 bits per heavy atom. The molecule has 0 bridgehead atoms. The molecule has 0 saturated heterocycles. The van der Waals surface area contributed by atoms with E-state index in [0.717, 1.165) is 17.5 Å². The molecule has 0 spiro atoms. The van der Waals surface area contributed by atoms with Crippen molar-refractivity contribution in [3.63, 3.8) is 0 Å². The maximum atomic E-state index is 12.5. The molecule has 29 heavy (non-hydrogen) atoms. The number of esters is 1. The number of rotatable bonds is 9. The van der Waals surface area contributed by atoms with Gasteiger partial charge in [-0.1, -0.05) is 0 Å². The molecule has 1 aromatic carbocycles. The highest BCUT2D eigenvalue weighted by Gasteiger charge is 2.21. The standard InChI is InChI=1S/C20H25N3O6/c1-13-10-16(14(2)22(13)8-9-28-5)19(24)12-29-20(25)15-6-7-17(21(3)4)18(11-15)23(26)27/h6-7,10-11H,8-9,12H2,1-5H3. The van der Waals surface area contributed by atoms with Crippen LogP contribution in [0.25, 0.3) is 0 Å². The Kier molecular flexibility index (Phi) is 7.11. The van der Waals surface area contributed by atoms with Crippen LogP contribution in [0.4, 0.5) is 11.4 Å². The molecular weight excluding hydrogens is 378 g/mol. The molecule has 1 aromatic heterocycles. The summed E-state index contributed by atoms with van der Waals surface area (Å²) >= 11 is 0. The van der Waals surface area contributed by atoms with E-state index in [1.54, 1.807) is 32.2 Å². The minimum absolute atomic E-state index is 0.0145. The minimum atomic E-state index is -0.792. The van der Waals surface area contributed by atoms with E-state index >= 15 is 0 Å². The molecule has 0 radical (unpaired) electrons. The maximum absolute atomic E-state index is 12.5. The number of aromatic nitrogens is 1. The second-order valence-corrected chi connectivity index (χ2v) is 6.78. The van der Waals surface area contributed by atoms with E-state index in [1.807, 2.05) is 18.4 Å². The van der Waals surface area contributed by atoms with Crippen molar-refractivity contribution in [2.45, 2.75) is 20.4 Å². The molecule has 156 valence electrons. The Labute approximate surface area is 169 Å². The van der Waals surface area contributed by atoms with Crippen LogP contribution in [0.1, 0.15) is 32.1 Å². The quantitative estimate of drug-likeness (QED) is 0.274. The summed E-state index contributed by atoms with van der Waals surface area (Å²) in [7, 11) is 4.94. The number of carbonyl (C=O) groups is 2. The summed E-state index contributed by atoms with van der Waals surface area (Å²) in [6, 6.07) is 5.81. The van der Waals surface area contributed by atoms with E-state index in [2.05, 4.69) is 0 Å². The monoisotopic (exact) mass is 403 g/mol. The number of hydrogen-bond acceptors (Lipinski definition) is 7. The third kappa shape index (κ3) is 5.00. The van der Waals surface area contributed by atoms with Gasteiger partial charge in [0.2, 0.25) is 5.78 Å². The van der Waals surface area contributed by atoms with Crippen molar-refractivity contribution in [2.24, 2.45) is 0 Å². The summed E-state index contributed by atoms with van der Waals surface area (Å²) in [6.07, 6.45) is 0. The molecule has 0 atom stereocenters. The van der Waals surface area contributed by atoms with Crippen LogP contribution in [0.3, 0.4) is 0 Å². The fourth-order valence-electron chi connectivity index (χ4n) is 3.08. The molecule has 2 aromatic rings. The number of carbonyl (C=O) groups excluding carboxylic acids is 2. The lowest BCUT2D eigenvalue weighted by atomic mass is 10.1. The van der Waals surface area contributed by atoms with Gasteiger partial charge in [0.15, 0.2) is 6.61 Å². The third-order valence-electron chi connectivity index (χ3n) is 4.62. The number of nitro groups is 1. The van der Waals surface area contributed by atoms with Gasteiger partial charge in [-0.15, -0.1) is 0 Å². The number of nitrogens with zero attached hydrogens (tertiary/aromatic N) is 3. The second-order valence-electron chi connectivity index (χ2n) is 6.78. The number of Topliss-reactive ketones (excluding diaryl/α,β-unsaturated/α-hetero) is 1. The van der Waals surface area contributed by atoms with Gasteiger partial charge < -0.3 is 18.9 Å².